The van der Waals surface area contributed by atoms with E-state index in [1.807, 2.05) is 72.8 Å². The zero-order valence-corrected chi connectivity index (χ0v) is 22.0. The van der Waals surface area contributed by atoms with E-state index in [1.165, 1.54) is 12.8 Å². The first-order valence-corrected chi connectivity index (χ1v) is 13.6. The van der Waals surface area contributed by atoms with Crippen LogP contribution in [0.3, 0.4) is 0 Å². The monoisotopic (exact) mass is 512 g/mol. The third-order valence-electron chi connectivity index (χ3n) is 7.82. The van der Waals surface area contributed by atoms with E-state index in [1.54, 1.807) is 0 Å². The first-order chi connectivity index (χ1) is 18.5. The highest BCUT2D eigenvalue weighted by atomic mass is 16.6. The fourth-order valence-corrected chi connectivity index (χ4v) is 5.72. The Kier molecular flexibility index (Phi) is 8.39. The molecule has 2 aliphatic rings. The van der Waals surface area contributed by atoms with E-state index in [0.29, 0.717) is 38.0 Å². The van der Waals surface area contributed by atoms with Crippen LogP contribution >= 0.6 is 0 Å². The van der Waals surface area contributed by atoms with Crippen LogP contribution in [0, 0.1) is 0 Å². The van der Waals surface area contributed by atoms with Crippen molar-refractivity contribution in [2.45, 2.75) is 69.7 Å². The first-order valence-electron chi connectivity index (χ1n) is 13.6. The van der Waals surface area contributed by atoms with Crippen LogP contribution in [-0.2, 0) is 27.3 Å². The molecule has 0 aliphatic carbocycles. The van der Waals surface area contributed by atoms with E-state index < -0.39 is 6.09 Å². The van der Waals surface area contributed by atoms with Gasteiger partial charge in [-0.2, -0.15) is 0 Å². The average molecular weight is 513 g/mol. The van der Waals surface area contributed by atoms with Crippen molar-refractivity contribution < 1.29 is 19.1 Å². The van der Waals surface area contributed by atoms with E-state index in [9.17, 15) is 9.59 Å². The van der Waals surface area contributed by atoms with E-state index in [4.69, 9.17) is 9.47 Å². The van der Waals surface area contributed by atoms with Crippen LogP contribution in [0.25, 0.3) is 11.1 Å². The minimum absolute atomic E-state index is 0.0473. The minimum Gasteiger partial charge on any atom is -0.461 e. The van der Waals surface area contributed by atoms with Crippen molar-refractivity contribution >= 4 is 17.7 Å². The van der Waals surface area contributed by atoms with Gasteiger partial charge in [-0.05, 0) is 55.5 Å². The van der Waals surface area contributed by atoms with E-state index >= 15 is 0 Å². The molecule has 6 heteroatoms. The van der Waals surface area contributed by atoms with Gasteiger partial charge in [0.25, 0.3) is 0 Å². The Morgan fingerprint density at radius 2 is 1.58 bits per heavy atom. The molecule has 3 atom stereocenters. The summed E-state index contributed by atoms with van der Waals surface area (Å²) < 4.78 is 11.3. The summed E-state index contributed by atoms with van der Waals surface area (Å²) in [4.78, 5) is 27.6. The number of esters is 1. The van der Waals surface area contributed by atoms with Crippen molar-refractivity contribution in [3.63, 3.8) is 0 Å². The quantitative estimate of drug-likeness (QED) is 0.328. The molecule has 2 aliphatic heterocycles. The second-order valence-corrected chi connectivity index (χ2v) is 10.4. The molecule has 2 unspecified atom stereocenters. The molecule has 1 amide bonds. The summed E-state index contributed by atoms with van der Waals surface area (Å²) in [6.45, 7) is 0.292. The minimum atomic E-state index is -0.405. The van der Waals surface area contributed by atoms with Crippen molar-refractivity contribution in [3.05, 3.63) is 90.0 Å². The highest BCUT2D eigenvalue weighted by Crippen LogP contribution is 2.36. The molecule has 38 heavy (non-hydrogen) atoms. The molecule has 198 valence electrons. The highest BCUT2D eigenvalue weighted by molar-refractivity contribution is 5.91. The van der Waals surface area contributed by atoms with Crippen molar-refractivity contribution in [1.29, 1.82) is 0 Å². The largest absolute Gasteiger partial charge is 0.461 e. The number of piperidine rings is 1. The molecular weight excluding hydrogens is 476 g/mol. The molecule has 0 aromatic heterocycles. The molecule has 5 rings (SSSR count). The van der Waals surface area contributed by atoms with Gasteiger partial charge in [-0.15, -0.1) is 0 Å². The number of hydrogen-bond donors (Lipinski definition) is 1. The molecule has 2 saturated heterocycles. The summed E-state index contributed by atoms with van der Waals surface area (Å²) in [6.07, 6.45) is 5.42. The van der Waals surface area contributed by atoms with Gasteiger partial charge in [-0.25, -0.2) is 4.79 Å². The van der Waals surface area contributed by atoms with E-state index in [0.717, 1.165) is 40.8 Å². The molecule has 0 radical (unpaired) electrons. The number of anilines is 1. The Morgan fingerprint density at radius 1 is 0.895 bits per heavy atom. The maximum atomic E-state index is 13.0. The normalized spacial score (nSPS) is 20.6. The number of nitrogens with zero attached hydrogens (tertiary/aromatic N) is 1. The summed E-state index contributed by atoms with van der Waals surface area (Å²) >= 11 is 0. The lowest BCUT2D eigenvalue weighted by molar-refractivity contribution is -0.145. The smallest absolute Gasteiger partial charge is 0.411 e. The number of ether oxygens (including phenoxy) is 2. The number of carbonyl (C=O) groups excluding carboxylic acids is 2. The molecule has 3 aromatic rings. The Morgan fingerprint density at radius 3 is 2.29 bits per heavy atom. The second-order valence-electron chi connectivity index (χ2n) is 10.4. The van der Waals surface area contributed by atoms with Crippen LogP contribution < -0.4 is 5.32 Å². The molecule has 0 saturated carbocycles. The predicted molar refractivity (Wildman–Crippen MR) is 149 cm³/mol. The Bertz CT molecular complexity index is 1220. The number of carbonyl (C=O) groups is 2. The van der Waals surface area contributed by atoms with Crippen molar-refractivity contribution in [1.82, 2.24) is 4.90 Å². The topological polar surface area (TPSA) is 67.9 Å². The van der Waals surface area contributed by atoms with Gasteiger partial charge in [0.15, 0.2) is 0 Å². The number of amides is 1. The molecule has 0 spiro atoms. The zero-order chi connectivity index (χ0) is 26.3. The van der Waals surface area contributed by atoms with Crippen LogP contribution in [0.5, 0.6) is 0 Å². The van der Waals surface area contributed by atoms with Gasteiger partial charge < -0.3 is 14.4 Å². The molecule has 3 aromatic carbocycles. The molecule has 1 N–H and O–H groups in total. The number of rotatable bonds is 9. The molecular formula is C32H36N2O4. The SMILES string of the molecule is CN1C2CC[C@H]1CC(OC(=O)Nc1cc(CCCC(=O)OCc3ccccc3)ccc1-c1ccccc1)C2. The lowest BCUT2D eigenvalue weighted by Gasteiger charge is -2.35. The van der Waals surface area contributed by atoms with Crippen LogP contribution in [0.2, 0.25) is 0 Å². The van der Waals surface area contributed by atoms with Gasteiger partial charge in [0.2, 0.25) is 0 Å². The van der Waals surface area contributed by atoms with Gasteiger partial charge in [-0.1, -0.05) is 72.8 Å². The summed E-state index contributed by atoms with van der Waals surface area (Å²) in [6, 6.07) is 26.8. The first kappa shape index (κ1) is 26.0. The van der Waals surface area contributed by atoms with Crippen LogP contribution in [0.15, 0.2) is 78.9 Å². The van der Waals surface area contributed by atoms with Crippen molar-refractivity contribution in [2.75, 3.05) is 12.4 Å². The Labute approximate surface area is 225 Å². The average Bonchev–Trinajstić information content (AvgIpc) is 3.13. The highest BCUT2D eigenvalue weighted by Gasteiger charge is 2.39. The molecule has 2 bridgehead atoms. The summed E-state index contributed by atoms with van der Waals surface area (Å²) in [7, 11) is 2.18. The van der Waals surface area contributed by atoms with Crippen molar-refractivity contribution in [3.8, 4) is 11.1 Å². The molecule has 6 nitrogen and oxygen atoms in total. The zero-order valence-electron chi connectivity index (χ0n) is 22.0. The Hall–Kier alpha value is -3.64. The summed E-state index contributed by atoms with van der Waals surface area (Å²) in [5.41, 5.74) is 4.72. The van der Waals surface area contributed by atoms with Gasteiger partial charge >= 0.3 is 12.1 Å². The van der Waals surface area contributed by atoms with E-state index in [2.05, 4.69) is 23.3 Å². The van der Waals surface area contributed by atoms with Crippen LogP contribution in [0.4, 0.5) is 10.5 Å². The Balaban J connectivity index is 1.20. The van der Waals surface area contributed by atoms with Crippen LogP contribution in [-0.4, -0.2) is 42.2 Å². The fourth-order valence-electron chi connectivity index (χ4n) is 5.72. The summed E-state index contributed by atoms with van der Waals surface area (Å²) in [5.74, 6) is -0.205. The number of benzene rings is 3. The summed E-state index contributed by atoms with van der Waals surface area (Å²) in [5, 5.41) is 3.03. The number of fused-ring (bicyclic) bond motifs is 2. The van der Waals surface area contributed by atoms with Gasteiger partial charge in [0, 0.05) is 36.9 Å². The third kappa shape index (κ3) is 6.62. The predicted octanol–water partition coefficient (Wildman–Crippen LogP) is 6.59. The number of nitrogens with one attached hydrogen (secondary N) is 1. The van der Waals surface area contributed by atoms with Gasteiger partial charge in [0.1, 0.15) is 12.7 Å². The van der Waals surface area contributed by atoms with Gasteiger partial charge in [-0.3, -0.25) is 10.1 Å². The third-order valence-corrected chi connectivity index (χ3v) is 7.82. The standard InChI is InChI=1S/C32H36N2O4/c1-34-26-16-17-27(34)21-28(20-26)38-32(36)33-30-19-23(15-18-29(30)25-12-6-3-7-13-25)11-8-14-31(35)37-22-24-9-4-2-5-10-24/h2-7,9-10,12-13,15,18-19,26-28H,8,11,14,16-17,20-22H2,1H3,(H,33,36)/t26-,27?,28?/m0/s1. The van der Waals surface area contributed by atoms with Crippen LogP contribution in [0.1, 0.15) is 49.7 Å². The second kappa shape index (κ2) is 12.3. The molecule has 2 heterocycles. The maximum absolute atomic E-state index is 13.0. The number of hydrogen-bond acceptors (Lipinski definition) is 5. The lowest BCUT2D eigenvalue weighted by Crippen LogP contribution is -2.43. The van der Waals surface area contributed by atoms with E-state index in [-0.39, 0.29) is 12.1 Å². The molecule has 2 fully saturated rings. The van der Waals surface area contributed by atoms with Gasteiger partial charge in [0.05, 0.1) is 5.69 Å². The lowest BCUT2D eigenvalue weighted by atomic mass is 9.99. The maximum Gasteiger partial charge on any atom is 0.411 e. The number of aryl methyl sites for hydroxylation is 1. The fraction of sp³-hybridized carbons (Fsp3) is 0.375. The van der Waals surface area contributed by atoms with Crippen molar-refractivity contribution in [2.24, 2.45) is 0 Å².